The van der Waals surface area contributed by atoms with Gasteiger partial charge in [0.1, 0.15) is 5.51 Å². The summed E-state index contributed by atoms with van der Waals surface area (Å²) in [5.41, 5.74) is 2.61. The molecule has 0 aliphatic carbocycles. The van der Waals surface area contributed by atoms with E-state index in [1.165, 1.54) is 28.5 Å². The van der Waals surface area contributed by atoms with Crippen LogP contribution >= 0.6 is 23.1 Å². The average molecular weight is 329 g/mol. The number of nitrogens with zero attached hydrogens (tertiary/aromatic N) is 3. The van der Waals surface area contributed by atoms with Gasteiger partial charge in [-0.2, -0.15) is 0 Å². The molecule has 1 aromatic heterocycles. The van der Waals surface area contributed by atoms with Crippen molar-refractivity contribution in [3.05, 3.63) is 48.0 Å². The van der Waals surface area contributed by atoms with E-state index in [0.29, 0.717) is 12.3 Å². The van der Waals surface area contributed by atoms with Crippen molar-refractivity contribution >= 4 is 45.5 Å². The summed E-state index contributed by atoms with van der Waals surface area (Å²) in [4.78, 5) is 14.3. The van der Waals surface area contributed by atoms with E-state index in [-0.39, 0.29) is 5.91 Å². The second-order valence-corrected chi connectivity index (χ2v) is 6.72. The third kappa shape index (κ3) is 3.28. The highest BCUT2D eigenvalue weighted by Crippen LogP contribution is 2.24. The number of amides is 1. The Kier molecular flexibility index (Phi) is 4.70. The summed E-state index contributed by atoms with van der Waals surface area (Å²) in [5, 5.41) is 10.0. The highest BCUT2D eigenvalue weighted by molar-refractivity contribution is 8.01. The molecule has 4 nitrogen and oxygen atoms in total. The summed E-state index contributed by atoms with van der Waals surface area (Å²) < 4.78 is 0.822. The van der Waals surface area contributed by atoms with Gasteiger partial charge in [0.25, 0.3) is 0 Å². The molecule has 2 aromatic carbocycles. The molecule has 0 spiro atoms. The third-order valence-electron chi connectivity index (χ3n) is 3.32. The summed E-state index contributed by atoms with van der Waals surface area (Å²) in [6.45, 7) is 2.64. The molecule has 0 aliphatic heterocycles. The third-order valence-corrected chi connectivity index (χ3v) is 5.17. The highest BCUT2D eigenvalue weighted by atomic mass is 32.2. The summed E-state index contributed by atoms with van der Waals surface area (Å²) in [5.74, 6) is 0.452. The van der Waals surface area contributed by atoms with Crippen LogP contribution in [0.15, 0.2) is 52.3 Å². The zero-order chi connectivity index (χ0) is 15.4. The van der Waals surface area contributed by atoms with Crippen molar-refractivity contribution in [3.63, 3.8) is 0 Å². The van der Waals surface area contributed by atoms with Gasteiger partial charge < -0.3 is 4.90 Å². The summed E-state index contributed by atoms with van der Waals surface area (Å²) in [7, 11) is 0. The van der Waals surface area contributed by atoms with Gasteiger partial charge in [-0.25, -0.2) is 0 Å². The van der Waals surface area contributed by atoms with Crippen LogP contribution in [-0.4, -0.2) is 28.4 Å². The number of hydrogen-bond acceptors (Lipinski definition) is 5. The number of benzene rings is 2. The maximum Gasteiger partial charge on any atom is 0.237 e. The van der Waals surface area contributed by atoms with Crippen molar-refractivity contribution in [3.8, 4) is 0 Å². The Balaban J connectivity index is 1.77. The van der Waals surface area contributed by atoms with E-state index in [4.69, 9.17) is 0 Å². The van der Waals surface area contributed by atoms with E-state index >= 15 is 0 Å². The highest BCUT2D eigenvalue weighted by Gasteiger charge is 2.15. The van der Waals surface area contributed by atoms with Crippen LogP contribution in [0.1, 0.15) is 6.92 Å². The molecule has 0 saturated heterocycles. The van der Waals surface area contributed by atoms with Gasteiger partial charge in [0.2, 0.25) is 5.91 Å². The van der Waals surface area contributed by atoms with E-state index < -0.39 is 0 Å². The molecule has 0 radical (unpaired) electrons. The van der Waals surface area contributed by atoms with Gasteiger partial charge in [0.05, 0.1) is 5.75 Å². The Bertz CT molecular complexity index is 774. The molecule has 0 bridgehead atoms. The number of fused-ring (bicyclic) bond motifs is 1. The van der Waals surface area contributed by atoms with Crippen molar-refractivity contribution < 1.29 is 4.79 Å². The fraction of sp³-hybridized carbons (Fsp3) is 0.188. The fourth-order valence-electron chi connectivity index (χ4n) is 2.27. The Hall–Kier alpha value is -1.92. The van der Waals surface area contributed by atoms with Crippen LogP contribution < -0.4 is 4.90 Å². The predicted molar refractivity (Wildman–Crippen MR) is 92.6 cm³/mol. The number of rotatable bonds is 5. The van der Waals surface area contributed by atoms with Crippen molar-refractivity contribution in [2.24, 2.45) is 0 Å². The van der Waals surface area contributed by atoms with Gasteiger partial charge in [0.15, 0.2) is 4.34 Å². The minimum absolute atomic E-state index is 0.0815. The second kappa shape index (κ2) is 6.89. The zero-order valence-corrected chi connectivity index (χ0v) is 13.7. The molecule has 22 heavy (non-hydrogen) atoms. The number of thioether (sulfide) groups is 1. The Labute approximate surface area is 137 Å². The smallest absolute Gasteiger partial charge is 0.237 e. The lowest BCUT2D eigenvalue weighted by molar-refractivity contribution is -0.116. The first-order valence-corrected chi connectivity index (χ1v) is 8.82. The summed E-state index contributed by atoms with van der Waals surface area (Å²) in [6.07, 6.45) is 0. The lowest BCUT2D eigenvalue weighted by Gasteiger charge is -2.21. The quantitative estimate of drug-likeness (QED) is 0.667. The SMILES string of the molecule is CCN(C(=O)CSc1nncs1)c1ccc2ccccc2c1. The summed E-state index contributed by atoms with van der Waals surface area (Å²) in [6, 6.07) is 14.3. The largest absolute Gasteiger partial charge is 0.312 e. The predicted octanol–water partition coefficient (Wildman–Crippen LogP) is 3.84. The van der Waals surface area contributed by atoms with Crippen molar-refractivity contribution in [2.75, 3.05) is 17.2 Å². The van der Waals surface area contributed by atoms with Gasteiger partial charge in [-0.1, -0.05) is 53.4 Å². The van der Waals surface area contributed by atoms with Gasteiger partial charge in [-0.3, -0.25) is 4.79 Å². The van der Waals surface area contributed by atoms with E-state index in [1.54, 1.807) is 10.4 Å². The minimum atomic E-state index is 0.0815. The Morgan fingerprint density at radius 3 is 2.77 bits per heavy atom. The maximum absolute atomic E-state index is 12.5. The lowest BCUT2D eigenvalue weighted by atomic mass is 10.1. The molecule has 1 heterocycles. The molecule has 6 heteroatoms. The molecule has 0 unspecified atom stereocenters. The van der Waals surface area contributed by atoms with E-state index in [2.05, 4.69) is 34.5 Å². The molecule has 0 saturated carbocycles. The number of aromatic nitrogens is 2. The van der Waals surface area contributed by atoms with Crippen molar-refractivity contribution in [1.29, 1.82) is 0 Å². The molecule has 0 atom stereocenters. The van der Waals surface area contributed by atoms with E-state index in [0.717, 1.165) is 15.4 Å². The molecular weight excluding hydrogens is 314 g/mol. The Morgan fingerprint density at radius 1 is 1.23 bits per heavy atom. The molecule has 0 aliphatic rings. The molecular formula is C16H15N3OS2. The lowest BCUT2D eigenvalue weighted by Crippen LogP contribution is -2.32. The monoisotopic (exact) mass is 329 g/mol. The topological polar surface area (TPSA) is 46.1 Å². The molecule has 0 N–H and O–H groups in total. The number of hydrogen-bond donors (Lipinski definition) is 0. The standard InChI is InChI=1S/C16H15N3OS2/c1-2-19(15(20)10-21-16-18-17-11-22-16)14-8-7-12-5-3-4-6-13(12)9-14/h3-9,11H,2,10H2,1H3. The first kappa shape index (κ1) is 15.0. The minimum Gasteiger partial charge on any atom is -0.312 e. The van der Waals surface area contributed by atoms with Crippen molar-refractivity contribution in [1.82, 2.24) is 10.2 Å². The maximum atomic E-state index is 12.5. The molecule has 112 valence electrons. The average Bonchev–Trinajstić information content (AvgIpc) is 3.07. The van der Waals surface area contributed by atoms with Crippen LogP contribution in [0, 0.1) is 0 Å². The van der Waals surface area contributed by atoms with Crippen LogP contribution in [0.3, 0.4) is 0 Å². The number of anilines is 1. The summed E-state index contributed by atoms with van der Waals surface area (Å²) >= 11 is 2.88. The van der Waals surface area contributed by atoms with Gasteiger partial charge in [0, 0.05) is 12.2 Å². The molecule has 3 rings (SSSR count). The zero-order valence-electron chi connectivity index (χ0n) is 12.1. The molecule has 3 aromatic rings. The van der Waals surface area contributed by atoms with Crippen LogP contribution in [0.2, 0.25) is 0 Å². The first-order chi connectivity index (χ1) is 10.8. The molecule has 0 fully saturated rings. The fourth-order valence-corrected chi connectivity index (χ4v) is 3.64. The van der Waals surface area contributed by atoms with Crippen LogP contribution in [-0.2, 0) is 4.79 Å². The normalized spacial score (nSPS) is 10.8. The number of carbonyl (C=O) groups is 1. The number of carbonyl (C=O) groups excluding carboxylic acids is 1. The van der Waals surface area contributed by atoms with Crippen LogP contribution in [0.25, 0.3) is 10.8 Å². The van der Waals surface area contributed by atoms with Gasteiger partial charge in [-0.05, 0) is 29.8 Å². The van der Waals surface area contributed by atoms with Crippen molar-refractivity contribution in [2.45, 2.75) is 11.3 Å². The van der Waals surface area contributed by atoms with Gasteiger partial charge >= 0.3 is 0 Å². The van der Waals surface area contributed by atoms with Gasteiger partial charge in [-0.15, -0.1) is 10.2 Å². The van der Waals surface area contributed by atoms with E-state index in [1.807, 2.05) is 25.1 Å². The first-order valence-electron chi connectivity index (χ1n) is 6.96. The van der Waals surface area contributed by atoms with Crippen LogP contribution in [0.5, 0.6) is 0 Å². The second-order valence-electron chi connectivity index (χ2n) is 4.66. The Morgan fingerprint density at radius 2 is 2.05 bits per heavy atom. The molecule has 1 amide bonds. The van der Waals surface area contributed by atoms with E-state index in [9.17, 15) is 4.79 Å². The van der Waals surface area contributed by atoms with Crippen LogP contribution in [0.4, 0.5) is 5.69 Å².